The fraction of sp³-hybridized carbons (Fsp3) is 0.636. The van der Waals surface area contributed by atoms with E-state index in [-0.39, 0.29) is 10.8 Å². The number of nitrogens with zero attached hydrogens (tertiary/aromatic N) is 6. The molecule has 2 atom stereocenters. The molecular formula is C22H32N6. The zero-order valence-corrected chi connectivity index (χ0v) is 18.0. The van der Waals surface area contributed by atoms with E-state index in [1.165, 1.54) is 0 Å². The predicted molar refractivity (Wildman–Crippen MR) is 113 cm³/mol. The molecule has 0 N–H and O–H groups in total. The van der Waals surface area contributed by atoms with Gasteiger partial charge in [0.2, 0.25) is 0 Å². The molecule has 0 aliphatic carbocycles. The predicted octanol–water partition coefficient (Wildman–Crippen LogP) is 3.43. The van der Waals surface area contributed by atoms with Gasteiger partial charge in [0.25, 0.3) is 0 Å². The standard InChI is InChI=1S/C22H32N6/c1-21(2,3)17-7-8-19(26-25-17)27-10-15-12-28(13-16(15)11-27)20-9-18(22(4,5)6)23-14-24-20/h7-9,14-16H,10-13H2,1-6H3. The zero-order valence-electron chi connectivity index (χ0n) is 18.0. The average Bonchev–Trinajstić information content (AvgIpc) is 3.19. The van der Waals surface area contributed by atoms with Gasteiger partial charge in [-0.1, -0.05) is 41.5 Å². The fourth-order valence-corrected chi connectivity index (χ4v) is 4.19. The Balaban J connectivity index is 1.42. The lowest BCUT2D eigenvalue weighted by molar-refractivity contribution is 0.533. The highest BCUT2D eigenvalue weighted by atomic mass is 15.3. The van der Waals surface area contributed by atoms with Gasteiger partial charge in [0.1, 0.15) is 12.1 Å². The van der Waals surface area contributed by atoms with Crippen LogP contribution in [-0.4, -0.2) is 46.3 Å². The van der Waals surface area contributed by atoms with Gasteiger partial charge in [0.15, 0.2) is 5.82 Å². The second kappa shape index (κ2) is 6.68. The van der Waals surface area contributed by atoms with Crippen LogP contribution < -0.4 is 9.80 Å². The molecule has 28 heavy (non-hydrogen) atoms. The van der Waals surface area contributed by atoms with Gasteiger partial charge in [-0.05, 0) is 12.1 Å². The maximum Gasteiger partial charge on any atom is 0.151 e. The number of rotatable bonds is 2. The number of anilines is 2. The van der Waals surface area contributed by atoms with Crippen LogP contribution in [0.5, 0.6) is 0 Å². The van der Waals surface area contributed by atoms with Crippen LogP contribution in [0, 0.1) is 11.8 Å². The minimum Gasteiger partial charge on any atom is -0.356 e. The molecule has 0 saturated carbocycles. The summed E-state index contributed by atoms with van der Waals surface area (Å²) in [4.78, 5) is 13.8. The third kappa shape index (κ3) is 3.69. The van der Waals surface area contributed by atoms with Crippen molar-refractivity contribution in [2.24, 2.45) is 11.8 Å². The first kappa shape index (κ1) is 19.1. The second-order valence-electron chi connectivity index (χ2n) is 10.4. The van der Waals surface area contributed by atoms with Gasteiger partial charge in [-0.2, -0.15) is 5.10 Å². The van der Waals surface area contributed by atoms with Gasteiger partial charge in [0, 0.05) is 54.9 Å². The summed E-state index contributed by atoms with van der Waals surface area (Å²) in [5.41, 5.74) is 2.23. The molecule has 0 bridgehead atoms. The van der Waals surface area contributed by atoms with Crippen LogP contribution in [-0.2, 0) is 10.8 Å². The molecule has 2 aromatic rings. The third-order valence-corrected chi connectivity index (χ3v) is 5.97. The van der Waals surface area contributed by atoms with Gasteiger partial charge in [-0.25, -0.2) is 9.97 Å². The van der Waals surface area contributed by atoms with Gasteiger partial charge in [-0.3, -0.25) is 0 Å². The van der Waals surface area contributed by atoms with E-state index in [2.05, 4.69) is 89.7 Å². The molecule has 4 rings (SSSR count). The number of hydrogen-bond donors (Lipinski definition) is 0. The maximum atomic E-state index is 4.55. The van der Waals surface area contributed by atoms with E-state index in [1.807, 2.05) is 0 Å². The van der Waals surface area contributed by atoms with Crippen LogP contribution in [0.2, 0.25) is 0 Å². The summed E-state index contributed by atoms with van der Waals surface area (Å²) in [5.74, 6) is 3.37. The smallest absolute Gasteiger partial charge is 0.151 e. The van der Waals surface area contributed by atoms with Crippen molar-refractivity contribution in [1.82, 2.24) is 20.2 Å². The molecule has 6 heteroatoms. The fourth-order valence-electron chi connectivity index (χ4n) is 4.19. The van der Waals surface area contributed by atoms with E-state index in [0.717, 1.165) is 49.2 Å². The van der Waals surface area contributed by atoms with Gasteiger partial charge in [-0.15, -0.1) is 5.10 Å². The molecule has 2 aliphatic rings. The average molecular weight is 381 g/mol. The van der Waals surface area contributed by atoms with Crippen LogP contribution in [0.3, 0.4) is 0 Å². The number of aromatic nitrogens is 4. The monoisotopic (exact) mass is 380 g/mol. The highest BCUT2D eigenvalue weighted by Crippen LogP contribution is 2.35. The van der Waals surface area contributed by atoms with Crippen LogP contribution in [0.1, 0.15) is 52.9 Å². The van der Waals surface area contributed by atoms with E-state index in [4.69, 9.17) is 0 Å². The molecule has 2 aliphatic heterocycles. The molecule has 2 unspecified atom stereocenters. The zero-order chi connectivity index (χ0) is 20.1. The molecule has 2 aromatic heterocycles. The van der Waals surface area contributed by atoms with Crippen molar-refractivity contribution < 1.29 is 0 Å². The Kier molecular flexibility index (Phi) is 4.55. The molecule has 0 aromatic carbocycles. The second-order valence-corrected chi connectivity index (χ2v) is 10.4. The van der Waals surface area contributed by atoms with Crippen LogP contribution >= 0.6 is 0 Å². The van der Waals surface area contributed by atoms with E-state index in [9.17, 15) is 0 Å². The minimum atomic E-state index is 0.0387. The summed E-state index contributed by atoms with van der Waals surface area (Å²) in [5, 5.41) is 8.98. The molecule has 0 radical (unpaired) electrons. The highest BCUT2D eigenvalue weighted by molar-refractivity contribution is 5.45. The Morgan fingerprint density at radius 1 is 0.714 bits per heavy atom. The summed E-state index contributed by atoms with van der Waals surface area (Å²) in [6, 6.07) is 6.42. The summed E-state index contributed by atoms with van der Waals surface area (Å²) >= 11 is 0. The minimum absolute atomic E-state index is 0.0387. The van der Waals surface area contributed by atoms with Gasteiger partial charge in [0.05, 0.1) is 11.4 Å². The van der Waals surface area contributed by atoms with Crippen molar-refractivity contribution in [3.63, 3.8) is 0 Å². The largest absolute Gasteiger partial charge is 0.356 e. The van der Waals surface area contributed by atoms with Gasteiger partial charge >= 0.3 is 0 Å². The Hall–Kier alpha value is -2.24. The van der Waals surface area contributed by atoms with Crippen LogP contribution in [0.25, 0.3) is 0 Å². The molecule has 4 heterocycles. The molecule has 0 amide bonds. The lowest BCUT2D eigenvalue weighted by Gasteiger charge is -2.25. The van der Waals surface area contributed by atoms with Crippen LogP contribution in [0.15, 0.2) is 24.5 Å². The van der Waals surface area contributed by atoms with Crippen molar-refractivity contribution in [3.8, 4) is 0 Å². The maximum absolute atomic E-state index is 4.55. The lowest BCUT2D eigenvalue weighted by atomic mass is 9.92. The molecule has 0 spiro atoms. The Morgan fingerprint density at radius 2 is 1.29 bits per heavy atom. The van der Waals surface area contributed by atoms with E-state index in [0.29, 0.717) is 11.8 Å². The molecule has 2 saturated heterocycles. The van der Waals surface area contributed by atoms with E-state index >= 15 is 0 Å². The third-order valence-electron chi connectivity index (χ3n) is 5.97. The normalized spacial score (nSPS) is 22.6. The van der Waals surface area contributed by atoms with Crippen molar-refractivity contribution >= 4 is 11.6 Å². The van der Waals surface area contributed by atoms with E-state index in [1.54, 1.807) is 6.33 Å². The summed E-state index contributed by atoms with van der Waals surface area (Å²) in [7, 11) is 0. The molecular weight excluding hydrogens is 348 g/mol. The van der Waals surface area contributed by atoms with Gasteiger partial charge < -0.3 is 9.80 Å². The first-order valence-corrected chi connectivity index (χ1v) is 10.3. The molecule has 150 valence electrons. The molecule has 6 nitrogen and oxygen atoms in total. The Labute approximate surface area is 168 Å². The summed E-state index contributed by atoms with van der Waals surface area (Å²) < 4.78 is 0. The first-order chi connectivity index (χ1) is 13.1. The quantitative estimate of drug-likeness (QED) is 0.795. The SMILES string of the molecule is CC(C)(C)c1cc(N2CC3CN(c4ccc(C(C)(C)C)nn4)CC3C2)ncn1. The lowest BCUT2D eigenvalue weighted by Crippen LogP contribution is -2.30. The Morgan fingerprint density at radius 3 is 1.79 bits per heavy atom. The van der Waals surface area contributed by atoms with E-state index < -0.39 is 0 Å². The number of fused-ring (bicyclic) bond motifs is 1. The highest BCUT2D eigenvalue weighted by Gasteiger charge is 2.41. The van der Waals surface area contributed by atoms with Crippen molar-refractivity contribution in [3.05, 3.63) is 35.9 Å². The summed E-state index contributed by atoms with van der Waals surface area (Å²) in [6.07, 6.45) is 1.71. The topological polar surface area (TPSA) is 58.0 Å². The van der Waals surface area contributed by atoms with Crippen molar-refractivity contribution in [2.75, 3.05) is 36.0 Å². The first-order valence-electron chi connectivity index (χ1n) is 10.3. The summed E-state index contributed by atoms with van der Waals surface area (Å²) in [6.45, 7) is 17.3. The van der Waals surface area contributed by atoms with Crippen molar-refractivity contribution in [2.45, 2.75) is 52.4 Å². The van der Waals surface area contributed by atoms with Crippen molar-refractivity contribution in [1.29, 1.82) is 0 Å². The Bertz CT molecular complexity index is 819. The number of hydrogen-bond acceptors (Lipinski definition) is 6. The van der Waals surface area contributed by atoms with Crippen LogP contribution in [0.4, 0.5) is 11.6 Å². The molecule has 2 fully saturated rings.